The van der Waals surface area contributed by atoms with E-state index in [1.54, 1.807) is 0 Å². The Morgan fingerprint density at radius 2 is 1.80 bits per heavy atom. The van der Waals surface area contributed by atoms with Gasteiger partial charge in [-0.3, -0.25) is 6.08 Å². The minimum Gasteiger partial charge on any atom is -1.00 e. The fourth-order valence-corrected chi connectivity index (χ4v) is 1.27. The molecule has 0 atom stereocenters. The van der Waals surface area contributed by atoms with Gasteiger partial charge in [0, 0.05) is 9.52 Å². The van der Waals surface area contributed by atoms with Crippen LogP contribution < -0.4 is 24.8 Å². The van der Waals surface area contributed by atoms with Gasteiger partial charge in [0.1, 0.15) is 0 Å². The zero-order valence-corrected chi connectivity index (χ0v) is 16.6. The molecule has 1 aromatic carbocycles. The molecule has 20 heavy (non-hydrogen) atoms. The molecule has 5 heteroatoms. The number of H-pyrrole nitrogens is 1. The molecular weight excluding hydrogens is 384 g/mol. The normalized spacial score (nSPS) is 9.90. The second-order valence-electron chi connectivity index (χ2n) is 3.50. The fraction of sp³-hybridized carbons (Fsp3) is 0.200. The summed E-state index contributed by atoms with van der Waals surface area (Å²) in [6.07, 6.45) is 12.9. The van der Waals surface area contributed by atoms with E-state index in [2.05, 4.69) is 42.5 Å². The van der Waals surface area contributed by atoms with Gasteiger partial charge in [-0.1, -0.05) is 25.2 Å². The van der Waals surface area contributed by atoms with Gasteiger partial charge in [-0.05, 0) is 0 Å². The first-order valence-corrected chi connectivity index (χ1v) is 7.62. The summed E-state index contributed by atoms with van der Waals surface area (Å²) < 4.78 is 0. The largest absolute Gasteiger partial charge is 4.00 e. The quantitative estimate of drug-likeness (QED) is 0.391. The first-order valence-electron chi connectivity index (χ1n) is 5.62. The summed E-state index contributed by atoms with van der Waals surface area (Å²) in [5.41, 5.74) is 1.15. The van der Waals surface area contributed by atoms with Crippen molar-refractivity contribution >= 4 is 20.4 Å². The van der Waals surface area contributed by atoms with Gasteiger partial charge in [-0.2, -0.15) is 17.5 Å². The molecule has 0 amide bonds. The molecule has 1 aromatic heterocycles. The topological polar surface area (TPSA) is 15.8 Å². The van der Waals surface area contributed by atoms with Crippen LogP contribution in [0.15, 0.2) is 48.6 Å². The van der Waals surface area contributed by atoms with Crippen molar-refractivity contribution in [2.45, 2.75) is 19.5 Å². The van der Waals surface area contributed by atoms with Crippen molar-refractivity contribution < 1.29 is 51.0 Å². The van der Waals surface area contributed by atoms with Gasteiger partial charge in [0.05, 0.1) is 0 Å². The van der Waals surface area contributed by atoms with Crippen LogP contribution in [0.25, 0.3) is 10.9 Å². The van der Waals surface area contributed by atoms with Crippen LogP contribution in [0.5, 0.6) is 0 Å². The van der Waals surface area contributed by atoms with Gasteiger partial charge in [-0.15, -0.1) is 30.3 Å². The van der Waals surface area contributed by atoms with Crippen LogP contribution in [0, 0.1) is 12.3 Å². The third kappa shape index (κ3) is 10.7. The maximum atomic E-state index is 2.99. The van der Waals surface area contributed by atoms with Crippen LogP contribution in [0.2, 0.25) is 13.1 Å². The summed E-state index contributed by atoms with van der Waals surface area (Å²) in [7, 11) is 1.08. The molecule has 0 unspecified atom stereocenters. The van der Waals surface area contributed by atoms with Crippen LogP contribution in [0.4, 0.5) is 0 Å². The summed E-state index contributed by atoms with van der Waals surface area (Å²) in [5.74, 6) is 0. The van der Waals surface area contributed by atoms with E-state index in [9.17, 15) is 0 Å². The monoisotopic (exact) mass is 399 g/mol. The third-order valence-corrected chi connectivity index (χ3v) is 1.98. The molecule has 0 spiro atoms. The molecule has 0 saturated heterocycles. The standard InChI is InChI=1S/C8H6N.C5H5.C2H6Si.2ClH.Zr/c1-2-4-8-7(3-1)5-6-9-8;1-2-4-5-3-1;1-3-2;;;/h1-5,9H;1-3H,4H2;1-2H3;2*1H;/q2*-1;;;;+4/p-2. The molecule has 1 heterocycles. The molecule has 104 valence electrons. The summed E-state index contributed by atoms with van der Waals surface area (Å²) in [6, 6.07) is 10.1. The maximum Gasteiger partial charge on any atom is 4.00 e. The van der Waals surface area contributed by atoms with Crippen LogP contribution in [-0.4, -0.2) is 14.5 Å². The van der Waals surface area contributed by atoms with Crippen molar-refractivity contribution in [2.24, 2.45) is 0 Å². The second-order valence-corrected chi connectivity index (χ2v) is 4.50. The van der Waals surface area contributed by atoms with E-state index in [0.29, 0.717) is 0 Å². The predicted molar refractivity (Wildman–Crippen MR) is 76.2 cm³/mol. The zero-order chi connectivity index (χ0) is 12.3. The molecule has 0 saturated carbocycles. The Bertz CT molecular complexity index is 443. The van der Waals surface area contributed by atoms with Gasteiger partial charge >= 0.3 is 26.2 Å². The smallest absolute Gasteiger partial charge is 1.00 e. The number of rotatable bonds is 0. The zero-order valence-electron chi connectivity index (χ0n) is 11.6. The number of aromatic amines is 1. The van der Waals surface area contributed by atoms with Crippen LogP contribution in [-0.2, 0) is 26.2 Å². The van der Waals surface area contributed by atoms with Gasteiger partial charge in [0.25, 0.3) is 0 Å². The Morgan fingerprint density at radius 3 is 2.25 bits per heavy atom. The fourth-order valence-electron chi connectivity index (χ4n) is 1.27. The number of fused-ring (bicyclic) bond motifs is 1. The van der Waals surface area contributed by atoms with Crippen LogP contribution in [0.3, 0.4) is 0 Å². The Hall–Kier alpha value is -0.0800. The Morgan fingerprint density at radius 1 is 1.15 bits per heavy atom. The van der Waals surface area contributed by atoms with E-state index in [4.69, 9.17) is 0 Å². The van der Waals surface area contributed by atoms with Gasteiger partial charge in [0.15, 0.2) is 0 Å². The first-order chi connectivity index (χ1) is 8.38. The minimum atomic E-state index is 0. The van der Waals surface area contributed by atoms with Crippen molar-refractivity contribution in [1.29, 1.82) is 0 Å². The van der Waals surface area contributed by atoms with Gasteiger partial charge in [0.2, 0.25) is 0 Å². The van der Waals surface area contributed by atoms with E-state index in [0.717, 1.165) is 21.5 Å². The summed E-state index contributed by atoms with van der Waals surface area (Å²) >= 11 is 0. The van der Waals surface area contributed by atoms with E-state index in [1.807, 2.05) is 36.4 Å². The molecule has 2 aromatic rings. The Kier molecular flexibility index (Phi) is 21.1. The van der Waals surface area contributed by atoms with Gasteiger partial charge in [-0.25, -0.2) is 12.2 Å². The van der Waals surface area contributed by atoms with E-state index >= 15 is 0 Å². The van der Waals surface area contributed by atoms with Crippen molar-refractivity contribution in [2.75, 3.05) is 0 Å². The summed E-state index contributed by atoms with van der Waals surface area (Å²) in [4.78, 5) is 2.99. The van der Waals surface area contributed by atoms with Crippen molar-refractivity contribution in [3.05, 3.63) is 60.8 Å². The molecule has 1 nitrogen and oxygen atoms in total. The number of benzene rings is 1. The number of halogens is 2. The van der Waals surface area contributed by atoms with Gasteiger partial charge < -0.3 is 29.8 Å². The second kappa shape index (κ2) is 17.0. The SMILES string of the molecule is C[Si]C.[C-]1=CC=CC1.[Cl-].[Cl-].[Zr+4].[c-]1cc2ccccc2[nH]1. The molecule has 1 N–H and O–H groups in total. The molecule has 0 fully saturated rings. The predicted octanol–water partition coefficient (Wildman–Crippen LogP) is -1.93. The number of para-hydroxylation sites is 1. The third-order valence-electron chi connectivity index (χ3n) is 1.98. The molecule has 1 aliphatic rings. The molecular formula is C15H17Cl2NSiZr. The van der Waals surface area contributed by atoms with Crippen molar-refractivity contribution in [3.8, 4) is 0 Å². The van der Waals surface area contributed by atoms with Crippen molar-refractivity contribution in [3.63, 3.8) is 0 Å². The molecule has 3 rings (SSSR count). The molecule has 0 bridgehead atoms. The van der Waals surface area contributed by atoms with E-state index in [-0.39, 0.29) is 51.0 Å². The van der Waals surface area contributed by atoms with Crippen LogP contribution in [0.1, 0.15) is 6.42 Å². The number of hydrogen-bond acceptors (Lipinski definition) is 0. The Balaban J connectivity index is -0.000000231. The number of hydrogen-bond donors (Lipinski definition) is 1. The average molecular weight is 402 g/mol. The average Bonchev–Trinajstić information content (AvgIpc) is 3.05. The molecule has 1 aliphatic carbocycles. The first kappa shape index (κ1) is 24.9. The van der Waals surface area contributed by atoms with E-state index in [1.165, 1.54) is 5.39 Å². The minimum absolute atomic E-state index is 0. The molecule has 0 aliphatic heterocycles. The summed E-state index contributed by atoms with van der Waals surface area (Å²) in [5, 5.41) is 1.22. The van der Waals surface area contributed by atoms with Crippen molar-refractivity contribution in [1.82, 2.24) is 4.98 Å². The maximum absolute atomic E-state index is 2.99. The number of aromatic nitrogens is 1. The van der Waals surface area contributed by atoms with Crippen LogP contribution >= 0.6 is 0 Å². The van der Waals surface area contributed by atoms with E-state index < -0.39 is 0 Å². The number of nitrogens with one attached hydrogen (secondary N) is 1. The Labute approximate surface area is 156 Å². The summed E-state index contributed by atoms with van der Waals surface area (Å²) in [6.45, 7) is 4.31. The molecule has 2 radical (unpaired) electrons. The number of allylic oxidation sites excluding steroid dienone is 4.